The molecule has 0 heterocycles. The van der Waals surface area contributed by atoms with Crippen molar-refractivity contribution in [1.82, 2.24) is 4.72 Å². The molecule has 0 bridgehead atoms. The van der Waals surface area contributed by atoms with Crippen LogP contribution < -0.4 is 10.0 Å². The molecule has 0 amide bonds. The van der Waals surface area contributed by atoms with Gasteiger partial charge >= 0.3 is 0 Å². The van der Waals surface area contributed by atoms with Crippen LogP contribution in [0.25, 0.3) is 0 Å². The Hall–Kier alpha value is -1.11. The van der Waals surface area contributed by atoms with Gasteiger partial charge in [0.05, 0.1) is 11.8 Å². The molecule has 100 valence electrons. The van der Waals surface area contributed by atoms with E-state index in [1.165, 1.54) is 0 Å². The highest BCUT2D eigenvalue weighted by atomic mass is 32.2. The van der Waals surface area contributed by atoms with Crippen molar-refractivity contribution >= 4 is 15.7 Å². The van der Waals surface area contributed by atoms with Gasteiger partial charge in [0.15, 0.2) is 0 Å². The zero-order valence-electron chi connectivity index (χ0n) is 10.3. The monoisotopic (exact) mass is 270 g/mol. The zero-order valence-corrected chi connectivity index (χ0v) is 11.1. The summed E-state index contributed by atoms with van der Waals surface area (Å²) in [6.07, 6.45) is 1.06. The minimum atomic E-state index is -3.46. The van der Waals surface area contributed by atoms with Crippen LogP contribution in [-0.4, -0.2) is 32.2 Å². The number of aliphatic hydroxyl groups excluding tert-OH is 1. The molecule has 0 aliphatic heterocycles. The first kappa shape index (κ1) is 13.3. The van der Waals surface area contributed by atoms with Crippen molar-refractivity contribution in [2.75, 3.05) is 11.9 Å². The second-order valence-corrected chi connectivity index (χ2v) is 6.20. The Morgan fingerprint density at radius 1 is 1.33 bits per heavy atom. The maximum absolute atomic E-state index is 12.0. The molecule has 0 saturated heterocycles. The lowest BCUT2D eigenvalue weighted by atomic mass is 9.89. The van der Waals surface area contributed by atoms with E-state index in [9.17, 15) is 13.5 Å². The second-order valence-electron chi connectivity index (χ2n) is 4.46. The fraction of sp³-hybridized carbons (Fsp3) is 0.500. The van der Waals surface area contributed by atoms with Crippen molar-refractivity contribution in [3.8, 4) is 0 Å². The van der Waals surface area contributed by atoms with Gasteiger partial charge in [-0.15, -0.1) is 0 Å². The van der Waals surface area contributed by atoms with Crippen molar-refractivity contribution in [2.24, 2.45) is 0 Å². The van der Waals surface area contributed by atoms with Gasteiger partial charge in [-0.3, -0.25) is 0 Å². The average molecular weight is 270 g/mol. The Labute approximate surface area is 107 Å². The number of aliphatic hydroxyl groups is 1. The number of sulfonamides is 1. The van der Waals surface area contributed by atoms with Crippen molar-refractivity contribution in [2.45, 2.75) is 36.8 Å². The van der Waals surface area contributed by atoms with Gasteiger partial charge in [0.1, 0.15) is 4.90 Å². The molecule has 0 aromatic heterocycles. The van der Waals surface area contributed by atoms with Crippen molar-refractivity contribution in [3.63, 3.8) is 0 Å². The molecule has 0 spiro atoms. The third kappa shape index (κ3) is 2.82. The molecule has 1 saturated carbocycles. The van der Waals surface area contributed by atoms with Crippen molar-refractivity contribution < 1.29 is 13.5 Å². The second kappa shape index (κ2) is 5.26. The van der Waals surface area contributed by atoms with E-state index in [-0.39, 0.29) is 17.0 Å². The minimum Gasteiger partial charge on any atom is -0.393 e. The maximum atomic E-state index is 12.0. The van der Waals surface area contributed by atoms with Crippen LogP contribution in [0.3, 0.4) is 0 Å². The van der Waals surface area contributed by atoms with Gasteiger partial charge in [-0.1, -0.05) is 19.1 Å². The van der Waals surface area contributed by atoms with Gasteiger partial charge in [0.25, 0.3) is 0 Å². The molecule has 2 rings (SSSR count). The Bertz CT molecular complexity index is 510. The summed E-state index contributed by atoms with van der Waals surface area (Å²) < 4.78 is 26.5. The standard InChI is InChI=1S/C12H18N2O3S/c1-2-13-18(16,17)12-6-4-3-5-11(12)14-9-7-10(15)8-9/h3-6,9-10,13-15H,2,7-8H2,1H3. The summed E-state index contributed by atoms with van der Waals surface area (Å²) in [6, 6.07) is 6.97. The van der Waals surface area contributed by atoms with E-state index in [1.807, 2.05) is 0 Å². The lowest BCUT2D eigenvalue weighted by Gasteiger charge is -2.33. The number of hydrogen-bond acceptors (Lipinski definition) is 4. The number of rotatable bonds is 5. The number of nitrogens with one attached hydrogen (secondary N) is 2. The number of anilines is 1. The number of para-hydroxylation sites is 1. The van der Waals surface area contributed by atoms with E-state index in [0.29, 0.717) is 25.1 Å². The van der Waals surface area contributed by atoms with E-state index in [1.54, 1.807) is 31.2 Å². The summed E-state index contributed by atoms with van der Waals surface area (Å²) in [7, 11) is -3.46. The smallest absolute Gasteiger partial charge is 0.242 e. The van der Waals surface area contributed by atoms with Gasteiger partial charge in [-0.2, -0.15) is 0 Å². The van der Waals surface area contributed by atoms with Crippen molar-refractivity contribution in [1.29, 1.82) is 0 Å². The van der Waals surface area contributed by atoms with Crippen LogP contribution in [0.1, 0.15) is 19.8 Å². The van der Waals surface area contributed by atoms with Crippen LogP contribution in [0.2, 0.25) is 0 Å². The third-order valence-corrected chi connectivity index (χ3v) is 4.59. The fourth-order valence-corrected chi connectivity index (χ4v) is 3.22. The average Bonchev–Trinajstić information content (AvgIpc) is 2.27. The molecular weight excluding hydrogens is 252 g/mol. The molecule has 1 fully saturated rings. The summed E-state index contributed by atoms with van der Waals surface area (Å²) in [5.41, 5.74) is 0.593. The minimum absolute atomic E-state index is 0.151. The van der Waals surface area contributed by atoms with Gasteiger partial charge in [0, 0.05) is 12.6 Å². The predicted molar refractivity (Wildman–Crippen MR) is 70.0 cm³/mol. The number of benzene rings is 1. The van der Waals surface area contributed by atoms with E-state index in [0.717, 1.165) is 0 Å². The zero-order chi connectivity index (χ0) is 13.2. The van der Waals surface area contributed by atoms with Gasteiger partial charge in [-0.05, 0) is 25.0 Å². The third-order valence-electron chi connectivity index (χ3n) is 2.98. The molecule has 0 atom stereocenters. The lowest BCUT2D eigenvalue weighted by Crippen LogP contribution is -2.39. The van der Waals surface area contributed by atoms with Gasteiger partial charge in [0.2, 0.25) is 10.0 Å². The number of hydrogen-bond donors (Lipinski definition) is 3. The molecule has 1 aliphatic carbocycles. The van der Waals surface area contributed by atoms with Crippen molar-refractivity contribution in [3.05, 3.63) is 24.3 Å². The Balaban J connectivity index is 2.20. The molecule has 0 unspecified atom stereocenters. The molecule has 18 heavy (non-hydrogen) atoms. The van der Waals surface area contributed by atoms with Gasteiger partial charge < -0.3 is 10.4 Å². The quantitative estimate of drug-likeness (QED) is 0.743. The Kier molecular flexibility index (Phi) is 3.89. The molecule has 1 aromatic rings. The highest BCUT2D eigenvalue weighted by Gasteiger charge is 2.28. The van der Waals surface area contributed by atoms with E-state index in [2.05, 4.69) is 10.0 Å². The first-order valence-electron chi connectivity index (χ1n) is 6.06. The fourth-order valence-electron chi connectivity index (χ4n) is 2.01. The van der Waals surface area contributed by atoms with Crippen LogP contribution in [0.15, 0.2) is 29.2 Å². The van der Waals surface area contributed by atoms with E-state index >= 15 is 0 Å². The summed E-state index contributed by atoms with van der Waals surface area (Å²) in [6.45, 7) is 2.11. The molecule has 6 heteroatoms. The first-order chi connectivity index (χ1) is 8.53. The maximum Gasteiger partial charge on any atom is 0.242 e. The highest BCUT2D eigenvalue weighted by molar-refractivity contribution is 7.89. The molecule has 0 radical (unpaired) electrons. The predicted octanol–water partition coefficient (Wildman–Crippen LogP) is 0.920. The molecule has 1 aromatic carbocycles. The summed E-state index contributed by atoms with van der Waals surface area (Å²) in [5.74, 6) is 0. The van der Waals surface area contributed by atoms with Crippen LogP contribution in [0, 0.1) is 0 Å². The van der Waals surface area contributed by atoms with E-state index < -0.39 is 10.0 Å². The van der Waals surface area contributed by atoms with E-state index in [4.69, 9.17) is 0 Å². The Morgan fingerprint density at radius 2 is 2.00 bits per heavy atom. The first-order valence-corrected chi connectivity index (χ1v) is 7.54. The van der Waals surface area contributed by atoms with Crippen LogP contribution in [0.5, 0.6) is 0 Å². The normalized spacial score (nSPS) is 23.4. The highest BCUT2D eigenvalue weighted by Crippen LogP contribution is 2.27. The SMILES string of the molecule is CCNS(=O)(=O)c1ccccc1NC1CC(O)C1. The molecule has 5 nitrogen and oxygen atoms in total. The largest absolute Gasteiger partial charge is 0.393 e. The molecule has 1 aliphatic rings. The molecular formula is C12H18N2O3S. The summed E-state index contributed by atoms with van der Waals surface area (Å²) in [5, 5.41) is 12.4. The lowest BCUT2D eigenvalue weighted by molar-refractivity contribution is 0.0836. The summed E-state index contributed by atoms with van der Waals surface area (Å²) >= 11 is 0. The molecule has 3 N–H and O–H groups in total. The van der Waals surface area contributed by atoms with Crippen LogP contribution in [-0.2, 0) is 10.0 Å². The van der Waals surface area contributed by atoms with Crippen LogP contribution >= 0.6 is 0 Å². The Morgan fingerprint density at radius 3 is 2.61 bits per heavy atom. The van der Waals surface area contributed by atoms with Crippen LogP contribution in [0.4, 0.5) is 5.69 Å². The summed E-state index contributed by atoms with van der Waals surface area (Å²) in [4.78, 5) is 0.258. The topological polar surface area (TPSA) is 78.4 Å². The van der Waals surface area contributed by atoms with Gasteiger partial charge in [-0.25, -0.2) is 13.1 Å².